The highest BCUT2D eigenvalue weighted by atomic mass is 16.5. The van der Waals surface area contributed by atoms with Crippen molar-refractivity contribution >= 4 is 5.97 Å². The van der Waals surface area contributed by atoms with Crippen LogP contribution in [0, 0.1) is 5.92 Å². The van der Waals surface area contributed by atoms with E-state index in [1.807, 2.05) is 6.07 Å². The van der Waals surface area contributed by atoms with Crippen molar-refractivity contribution in [3.8, 4) is 0 Å². The minimum Gasteiger partial charge on any atom is -0.463 e. The van der Waals surface area contributed by atoms with E-state index in [4.69, 9.17) is 4.42 Å². The number of carbonyl (C=O) groups is 1. The van der Waals surface area contributed by atoms with Crippen LogP contribution in [0.25, 0.3) is 0 Å². The average molecular weight is 237 g/mol. The smallest absolute Gasteiger partial charge is 0.373 e. The summed E-state index contributed by atoms with van der Waals surface area (Å²) in [7, 11) is 1.35. The summed E-state index contributed by atoms with van der Waals surface area (Å²) < 4.78 is 9.95. The van der Waals surface area contributed by atoms with E-state index in [0.717, 1.165) is 18.2 Å². The molecule has 2 rings (SSSR count). The third kappa shape index (κ3) is 3.33. The highest BCUT2D eigenvalue weighted by Gasteiger charge is 2.15. The molecule has 94 valence electrons. The third-order valence-electron chi connectivity index (χ3n) is 3.26. The van der Waals surface area contributed by atoms with Gasteiger partial charge in [0, 0.05) is 0 Å². The van der Waals surface area contributed by atoms with Crippen molar-refractivity contribution < 1.29 is 13.9 Å². The predicted molar refractivity (Wildman–Crippen MR) is 63.7 cm³/mol. The van der Waals surface area contributed by atoms with E-state index in [0.29, 0.717) is 6.54 Å². The van der Waals surface area contributed by atoms with Crippen LogP contribution in [0.4, 0.5) is 0 Å². The lowest BCUT2D eigenvalue weighted by Crippen LogP contribution is -2.20. The Hall–Kier alpha value is -1.29. The van der Waals surface area contributed by atoms with Crippen molar-refractivity contribution in [1.82, 2.24) is 5.32 Å². The molecule has 0 atom stereocenters. The maximum Gasteiger partial charge on any atom is 0.373 e. The van der Waals surface area contributed by atoms with Crippen LogP contribution >= 0.6 is 0 Å². The number of rotatable bonds is 5. The van der Waals surface area contributed by atoms with Crippen LogP contribution in [0.5, 0.6) is 0 Å². The molecule has 4 nitrogen and oxygen atoms in total. The first-order valence-electron chi connectivity index (χ1n) is 6.17. The van der Waals surface area contributed by atoms with Crippen molar-refractivity contribution in [2.75, 3.05) is 13.7 Å². The molecule has 0 unspecified atom stereocenters. The first-order chi connectivity index (χ1) is 8.29. The molecular formula is C13H19NO3. The number of hydrogen-bond acceptors (Lipinski definition) is 4. The van der Waals surface area contributed by atoms with Crippen molar-refractivity contribution in [1.29, 1.82) is 0 Å². The van der Waals surface area contributed by atoms with E-state index in [-0.39, 0.29) is 5.76 Å². The number of methoxy groups -OCH3 is 1. The predicted octanol–water partition coefficient (Wildman–Crippen LogP) is 2.35. The molecule has 0 amide bonds. The summed E-state index contributed by atoms with van der Waals surface area (Å²) in [5.74, 6) is 1.44. The molecule has 0 radical (unpaired) electrons. The van der Waals surface area contributed by atoms with Crippen LogP contribution in [0.2, 0.25) is 0 Å². The lowest BCUT2D eigenvalue weighted by molar-refractivity contribution is 0.0563. The standard InChI is InChI=1S/C13H19NO3/c1-16-13(15)12-7-6-11(17-12)9-14-8-10-4-2-3-5-10/h6-7,10,14H,2-5,8-9H2,1H3. The molecular weight excluding hydrogens is 218 g/mol. The molecule has 1 aliphatic carbocycles. The first-order valence-corrected chi connectivity index (χ1v) is 6.17. The summed E-state index contributed by atoms with van der Waals surface area (Å²) in [6.45, 7) is 1.71. The van der Waals surface area contributed by atoms with Gasteiger partial charge in [-0.05, 0) is 37.4 Å². The number of hydrogen-bond donors (Lipinski definition) is 1. The number of esters is 1. The molecule has 1 fully saturated rings. The van der Waals surface area contributed by atoms with Gasteiger partial charge in [-0.1, -0.05) is 12.8 Å². The molecule has 4 heteroatoms. The largest absolute Gasteiger partial charge is 0.463 e. The van der Waals surface area contributed by atoms with Gasteiger partial charge in [-0.25, -0.2) is 4.79 Å². The number of carbonyl (C=O) groups excluding carboxylic acids is 1. The Kier molecular flexibility index (Phi) is 4.20. The number of ether oxygens (including phenoxy) is 1. The topological polar surface area (TPSA) is 51.5 Å². The van der Waals surface area contributed by atoms with Gasteiger partial charge in [0.05, 0.1) is 13.7 Å². The van der Waals surface area contributed by atoms with E-state index in [9.17, 15) is 4.79 Å². The SMILES string of the molecule is COC(=O)c1ccc(CNCC2CCCC2)o1. The van der Waals surface area contributed by atoms with Gasteiger partial charge in [0.15, 0.2) is 0 Å². The Bertz CT molecular complexity index is 366. The molecule has 0 aromatic carbocycles. The Morgan fingerprint density at radius 3 is 2.94 bits per heavy atom. The fourth-order valence-electron chi connectivity index (χ4n) is 2.30. The van der Waals surface area contributed by atoms with Crippen LogP contribution < -0.4 is 5.32 Å². The second-order valence-electron chi connectivity index (χ2n) is 4.54. The molecule has 0 spiro atoms. The molecule has 1 aromatic rings. The Balaban J connectivity index is 1.74. The lowest BCUT2D eigenvalue weighted by Gasteiger charge is -2.08. The summed E-state index contributed by atoms with van der Waals surface area (Å²) >= 11 is 0. The van der Waals surface area contributed by atoms with Crippen LogP contribution in [0.1, 0.15) is 42.0 Å². The molecule has 0 aliphatic heterocycles. The van der Waals surface area contributed by atoms with Crippen LogP contribution in [0.3, 0.4) is 0 Å². The van der Waals surface area contributed by atoms with Crippen LogP contribution in [-0.4, -0.2) is 19.6 Å². The molecule has 0 saturated heterocycles. The summed E-state index contributed by atoms with van der Waals surface area (Å²) in [5, 5.41) is 3.37. The zero-order valence-corrected chi connectivity index (χ0v) is 10.2. The quantitative estimate of drug-likeness (QED) is 0.799. The van der Waals surface area contributed by atoms with Gasteiger partial charge in [0.2, 0.25) is 5.76 Å². The van der Waals surface area contributed by atoms with Gasteiger partial charge in [-0.3, -0.25) is 0 Å². The van der Waals surface area contributed by atoms with Crippen molar-refractivity contribution in [3.63, 3.8) is 0 Å². The minimum atomic E-state index is -0.424. The molecule has 1 saturated carbocycles. The monoisotopic (exact) mass is 237 g/mol. The maximum atomic E-state index is 11.2. The van der Waals surface area contributed by atoms with E-state index in [1.54, 1.807) is 6.07 Å². The fraction of sp³-hybridized carbons (Fsp3) is 0.615. The van der Waals surface area contributed by atoms with E-state index in [1.165, 1.54) is 32.8 Å². The zero-order chi connectivity index (χ0) is 12.1. The minimum absolute atomic E-state index is 0.269. The van der Waals surface area contributed by atoms with Crippen LogP contribution in [-0.2, 0) is 11.3 Å². The van der Waals surface area contributed by atoms with Crippen molar-refractivity contribution in [2.45, 2.75) is 32.2 Å². The van der Waals surface area contributed by atoms with Gasteiger partial charge in [-0.2, -0.15) is 0 Å². The number of nitrogens with one attached hydrogen (secondary N) is 1. The number of furan rings is 1. The van der Waals surface area contributed by atoms with Crippen LogP contribution in [0.15, 0.2) is 16.5 Å². The summed E-state index contributed by atoms with van der Waals surface area (Å²) in [6, 6.07) is 3.46. The van der Waals surface area contributed by atoms with E-state index in [2.05, 4.69) is 10.1 Å². The summed E-state index contributed by atoms with van der Waals surface area (Å²) in [5.41, 5.74) is 0. The Labute approximate surface area is 101 Å². The van der Waals surface area contributed by atoms with E-state index < -0.39 is 5.97 Å². The van der Waals surface area contributed by atoms with Crippen molar-refractivity contribution in [2.24, 2.45) is 5.92 Å². The Morgan fingerprint density at radius 1 is 1.47 bits per heavy atom. The van der Waals surface area contributed by atoms with Gasteiger partial charge in [-0.15, -0.1) is 0 Å². The summed E-state index contributed by atoms with van der Waals surface area (Å²) in [6.07, 6.45) is 5.39. The molecule has 0 bridgehead atoms. The lowest BCUT2D eigenvalue weighted by atomic mass is 10.1. The van der Waals surface area contributed by atoms with Crippen molar-refractivity contribution in [3.05, 3.63) is 23.7 Å². The fourth-order valence-corrected chi connectivity index (χ4v) is 2.30. The molecule has 1 N–H and O–H groups in total. The van der Waals surface area contributed by atoms with Gasteiger partial charge in [0.1, 0.15) is 5.76 Å². The molecule has 17 heavy (non-hydrogen) atoms. The second kappa shape index (κ2) is 5.87. The molecule has 1 aromatic heterocycles. The Morgan fingerprint density at radius 2 is 2.24 bits per heavy atom. The highest BCUT2D eigenvalue weighted by Crippen LogP contribution is 2.23. The average Bonchev–Trinajstić information content (AvgIpc) is 2.99. The third-order valence-corrected chi connectivity index (χ3v) is 3.26. The second-order valence-corrected chi connectivity index (χ2v) is 4.54. The van der Waals surface area contributed by atoms with Gasteiger partial charge >= 0.3 is 5.97 Å². The normalized spacial score (nSPS) is 16.3. The zero-order valence-electron chi connectivity index (χ0n) is 10.2. The molecule has 1 aliphatic rings. The van der Waals surface area contributed by atoms with Gasteiger partial charge in [0.25, 0.3) is 0 Å². The van der Waals surface area contributed by atoms with Gasteiger partial charge < -0.3 is 14.5 Å². The first kappa shape index (κ1) is 12.2. The van der Waals surface area contributed by atoms with E-state index >= 15 is 0 Å². The maximum absolute atomic E-state index is 11.2. The highest BCUT2D eigenvalue weighted by molar-refractivity contribution is 5.86. The molecule has 1 heterocycles. The summed E-state index contributed by atoms with van der Waals surface area (Å²) in [4.78, 5) is 11.2.